The first-order chi connectivity index (χ1) is 16.8. The van der Waals surface area contributed by atoms with Crippen molar-refractivity contribution in [1.29, 1.82) is 0 Å². The predicted molar refractivity (Wildman–Crippen MR) is 131 cm³/mol. The van der Waals surface area contributed by atoms with E-state index in [1.165, 1.54) is 5.56 Å². The highest BCUT2D eigenvalue weighted by Crippen LogP contribution is 2.22. The fourth-order valence-corrected chi connectivity index (χ4v) is 4.16. The van der Waals surface area contributed by atoms with Gasteiger partial charge in [-0.1, -0.05) is 65.8 Å². The molecule has 1 aliphatic rings. The quantitative estimate of drug-likeness (QED) is 0.437. The highest BCUT2D eigenvalue weighted by atomic mass is 16.5. The average molecular weight is 457 g/mol. The SMILES string of the molecule is OC(COc1ccc(-c2ccccc2)cc1)CN1CCN(c2nnnn2-c2ccccc2)CC1. The largest absolute Gasteiger partial charge is 0.491 e. The molecule has 8 nitrogen and oxygen atoms in total. The van der Waals surface area contributed by atoms with Gasteiger partial charge in [-0.05, 0) is 45.8 Å². The highest BCUT2D eigenvalue weighted by Gasteiger charge is 2.23. The molecule has 1 unspecified atom stereocenters. The Hall–Kier alpha value is -3.75. The van der Waals surface area contributed by atoms with Crippen molar-refractivity contribution in [3.8, 4) is 22.6 Å². The molecule has 0 radical (unpaired) electrons. The molecule has 8 heteroatoms. The summed E-state index contributed by atoms with van der Waals surface area (Å²) in [5.41, 5.74) is 3.25. The molecule has 0 saturated carbocycles. The van der Waals surface area contributed by atoms with Crippen molar-refractivity contribution in [2.45, 2.75) is 6.10 Å². The van der Waals surface area contributed by atoms with E-state index in [-0.39, 0.29) is 6.61 Å². The monoisotopic (exact) mass is 456 g/mol. The average Bonchev–Trinajstić information content (AvgIpc) is 3.39. The van der Waals surface area contributed by atoms with Gasteiger partial charge in [0.15, 0.2) is 0 Å². The van der Waals surface area contributed by atoms with Crippen LogP contribution < -0.4 is 9.64 Å². The van der Waals surface area contributed by atoms with Gasteiger partial charge < -0.3 is 14.7 Å². The van der Waals surface area contributed by atoms with Gasteiger partial charge in [-0.2, -0.15) is 4.68 Å². The van der Waals surface area contributed by atoms with Gasteiger partial charge in [-0.25, -0.2) is 0 Å². The minimum Gasteiger partial charge on any atom is -0.491 e. The molecule has 4 aromatic rings. The molecule has 0 spiro atoms. The van der Waals surface area contributed by atoms with E-state index in [9.17, 15) is 5.11 Å². The van der Waals surface area contributed by atoms with Crippen LogP contribution in [0.4, 0.5) is 5.95 Å². The van der Waals surface area contributed by atoms with Gasteiger partial charge in [0.1, 0.15) is 18.5 Å². The Morgan fingerprint density at radius 2 is 1.44 bits per heavy atom. The standard InChI is InChI=1S/C26H28N6O2/c33-24(20-34-25-13-11-22(12-14-25)21-7-3-1-4-8-21)19-30-15-17-31(18-16-30)26-27-28-29-32(26)23-9-5-2-6-10-23/h1-14,24,33H,15-20H2. The first-order valence-electron chi connectivity index (χ1n) is 11.5. The second kappa shape index (κ2) is 10.5. The molecular weight excluding hydrogens is 428 g/mol. The van der Waals surface area contributed by atoms with Crippen molar-refractivity contribution in [3.05, 3.63) is 84.9 Å². The van der Waals surface area contributed by atoms with Gasteiger partial charge in [-0.3, -0.25) is 4.90 Å². The first-order valence-corrected chi connectivity index (χ1v) is 11.5. The molecule has 1 aliphatic heterocycles. The zero-order chi connectivity index (χ0) is 23.2. The lowest BCUT2D eigenvalue weighted by Gasteiger charge is -2.35. The molecule has 5 rings (SSSR count). The van der Waals surface area contributed by atoms with Crippen molar-refractivity contribution in [2.75, 3.05) is 44.2 Å². The summed E-state index contributed by atoms with van der Waals surface area (Å²) in [5.74, 6) is 1.50. The normalized spacial score (nSPS) is 15.3. The number of para-hydroxylation sites is 1. The summed E-state index contributed by atoms with van der Waals surface area (Å²) in [5, 5.41) is 22.8. The third-order valence-corrected chi connectivity index (χ3v) is 5.98. The van der Waals surface area contributed by atoms with Gasteiger partial charge in [0.05, 0.1) is 5.69 Å². The number of aromatic nitrogens is 4. The summed E-state index contributed by atoms with van der Waals surface area (Å²) < 4.78 is 7.59. The van der Waals surface area contributed by atoms with Crippen LogP contribution in [0.15, 0.2) is 84.9 Å². The van der Waals surface area contributed by atoms with Crippen molar-refractivity contribution in [2.24, 2.45) is 0 Å². The van der Waals surface area contributed by atoms with Crippen LogP contribution in [0.3, 0.4) is 0 Å². The van der Waals surface area contributed by atoms with Crippen LogP contribution in [0.2, 0.25) is 0 Å². The van der Waals surface area contributed by atoms with Gasteiger partial charge in [0.2, 0.25) is 5.95 Å². The lowest BCUT2D eigenvalue weighted by Crippen LogP contribution is -2.50. The predicted octanol–water partition coefficient (Wildman–Crippen LogP) is 2.89. The van der Waals surface area contributed by atoms with Crippen LogP contribution in [0, 0.1) is 0 Å². The van der Waals surface area contributed by atoms with Crippen molar-refractivity contribution < 1.29 is 9.84 Å². The van der Waals surface area contributed by atoms with E-state index in [0.29, 0.717) is 6.54 Å². The molecular formula is C26H28N6O2. The molecule has 1 aromatic heterocycles. The van der Waals surface area contributed by atoms with Crippen LogP contribution in [0.5, 0.6) is 5.75 Å². The van der Waals surface area contributed by atoms with Crippen LogP contribution >= 0.6 is 0 Å². The number of tetrazole rings is 1. The number of ether oxygens (including phenoxy) is 1. The summed E-state index contributed by atoms with van der Waals surface area (Å²) in [7, 11) is 0. The number of nitrogens with zero attached hydrogens (tertiary/aromatic N) is 6. The van der Waals surface area contributed by atoms with Gasteiger partial charge in [0.25, 0.3) is 0 Å². The number of benzene rings is 3. The van der Waals surface area contributed by atoms with Gasteiger partial charge in [0, 0.05) is 32.7 Å². The molecule has 1 fully saturated rings. The van der Waals surface area contributed by atoms with Crippen molar-refractivity contribution in [1.82, 2.24) is 25.1 Å². The van der Waals surface area contributed by atoms with Crippen LogP contribution in [0.25, 0.3) is 16.8 Å². The van der Waals surface area contributed by atoms with E-state index in [0.717, 1.165) is 49.1 Å². The fourth-order valence-electron chi connectivity index (χ4n) is 4.16. The van der Waals surface area contributed by atoms with Gasteiger partial charge in [-0.15, -0.1) is 0 Å². The smallest absolute Gasteiger partial charge is 0.250 e. The van der Waals surface area contributed by atoms with E-state index in [1.54, 1.807) is 4.68 Å². The van der Waals surface area contributed by atoms with Crippen LogP contribution in [-0.4, -0.2) is 75.6 Å². The Morgan fingerprint density at radius 1 is 0.794 bits per heavy atom. The molecule has 3 aromatic carbocycles. The highest BCUT2D eigenvalue weighted by molar-refractivity contribution is 5.63. The Labute approximate surface area is 199 Å². The number of hydrogen-bond acceptors (Lipinski definition) is 7. The third kappa shape index (κ3) is 5.24. The number of piperazine rings is 1. The molecule has 0 bridgehead atoms. The maximum Gasteiger partial charge on any atom is 0.250 e. The number of β-amino-alcohol motifs (C(OH)–C–C–N with tert-alkyl or cyclic N) is 1. The first kappa shape index (κ1) is 22.1. The van der Waals surface area contributed by atoms with Crippen LogP contribution in [-0.2, 0) is 0 Å². The van der Waals surface area contributed by atoms with E-state index in [4.69, 9.17) is 4.74 Å². The molecule has 2 heterocycles. The molecule has 1 atom stereocenters. The lowest BCUT2D eigenvalue weighted by atomic mass is 10.1. The minimum atomic E-state index is -0.560. The molecule has 1 saturated heterocycles. The number of hydrogen-bond donors (Lipinski definition) is 1. The summed E-state index contributed by atoms with van der Waals surface area (Å²) >= 11 is 0. The number of anilines is 1. The molecule has 0 amide bonds. The maximum atomic E-state index is 10.5. The summed E-state index contributed by atoms with van der Waals surface area (Å²) in [6, 6.07) is 28.1. The Bertz CT molecular complexity index is 1160. The fraction of sp³-hybridized carbons (Fsp3) is 0.269. The minimum absolute atomic E-state index is 0.261. The molecule has 34 heavy (non-hydrogen) atoms. The second-order valence-electron chi connectivity index (χ2n) is 8.37. The van der Waals surface area contributed by atoms with E-state index in [2.05, 4.69) is 37.5 Å². The Kier molecular flexibility index (Phi) is 6.78. The van der Waals surface area contributed by atoms with E-state index >= 15 is 0 Å². The summed E-state index contributed by atoms with van der Waals surface area (Å²) in [6.45, 7) is 4.06. The van der Waals surface area contributed by atoms with Gasteiger partial charge >= 0.3 is 0 Å². The second-order valence-corrected chi connectivity index (χ2v) is 8.37. The number of aliphatic hydroxyl groups is 1. The Balaban J connectivity index is 1.09. The van der Waals surface area contributed by atoms with E-state index in [1.807, 2.05) is 72.8 Å². The lowest BCUT2D eigenvalue weighted by molar-refractivity contribution is 0.0662. The van der Waals surface area contributed by atoms with Crippen LogP contribution in [0.1, 0.15) is 0 Å². The topological polar surface area (TPSA) is 79.5 Å². The van der Waals surface area contributed by atoms with Crippen molar-refractivity contribution >= 4 is 5.95 Å². The molecule has 0 aliphatic carbocycles. The Morgan fingerprint density at radius 3 is 2.15 bits per heavy atom. The zero-order valence-corrected chi connectivity index (χ0v) is 18.9. The number of aliphatic hydroxyl groups excluding tert-OH is 1. The maximum absolute atomic E-state index is 10.5. The third-order valence-electron chi connectivity index (χ3n) is 5.98. The molecule has 174 valence electrons. The number of rotatable bonds is 8. The summed E-state index contributed by atoms with van der Waals surface area (Å²) in [4.78, 5) is 4.43. The molecule has 1 N–H and O–H groups in total. The van der Waals surface area contributed by atoms with E-state index < -0.39 is 6.10 Å². The van der Waals surface area contributed by atoms with Crippen molar-refractivity contribution in [3.63, 3.8) is 0 Å². The zero-order valence-electron chi connectivity index (χ0n) is 18.9. The summed E-state index contributed by atoms with van der Waals surface area (Å²) in [6.07, 6.45) is -0.560.